The monoisotopic (exact) mass is 419 g/mol. The maximum atomic E-state index is 12.9. The third-order valence-corrected chi connectivity index (χ3v) is 5.43. The summed E-state index contributed by atoms with van der Waals surface area (Å²) in [5.41, 5.74) is 1.86. The van der Waals surface area contributed by atoms with Crippen LogP contribution in [0.15, 0.2) is 42.5 Å². The molecule has 1 fully saturated rings. The molecule has 0 radical (unpaired) electrons. The van der Waals surface area contributed by atoms with Gasteiger partial charge < -0.3 is 9.64 Å². The Morgan fingerprint density at radius 3 is 2.27 bits per heavy atom. The van der Waals surface area contributed by atoms with Crippen molar-refractivity contribution in [1.82, 2.24) is 9.80 Å². The smallest absolute Gasteiger partial charge is 0.416 e. The van der Waals surface area contributed by atoms with Gasteiger partial charge in [-0.3, -0.25) is 10.3 Å². The molecule has 0 aromatic heterocycles. The van der Waals surface area contributed by atoms with Gasteiger partial charge in [0.25, 0.3) is 0 Å². The summed E-state index contributed by atoms with van der Waals surface area (Å²) in [6, 6.07) is 11.1. The van der Waals surface area contributed by atoms with E-state index in [1.165, 1.54) is 6.07 Å². The number of hydrogen-bond acceptors (Lipinski definition) is 3. The lowest BCUT2D eigenvalue weighted by atomic mass is 10.1. The predicted octanol–water partition coefficient (Wildman–Crippen LogP) is 4.73. The van der Waals surface area contributed by atoms with Crippen LogP contribution in [0.1, 0.15) is 28.7 Å². The first-order valence-electron chi connectivity index (χ1n) is 10.2. The molecular weight excluding hydrogens is 391 g/mol. The number of alkyl halides is 3. The highest BCUT2D eigenvalue weighted by Gasteiger charge is 2.31. The number of hydrogen-bond donors (Lipinski definition) is 1. The van der Waals surface area contributed by atoms with Crippen LogP contribution in [-0.2, 0) is 6.18 Å². The molecule has 0 aliphatic carbocycles. The number of aryl methyl sites for hydroxylation is 2. The molecular formula is C23H28F3N3O. The van der Waals surface area contributed by atoms with Crippen molar-refractivity contribution in [2.45, 2.75) is 26.4 Å². The number of para-hydroxylation sites is 1. The summed E-state index contributed by atoms with van der Waals surface area (Å²) in [5.74, 6) is 1.11. The van der Waals surface area contributed by atoms with Crippen LogP contribution < -0.4 is 4.74 Å². The minimum absolute atomic E-state index is 0.152. The molecule has 0 atom stereocenters. The first kappa shape index (κ1) is 22.2. The van der Waals surface area contributed by atoms with Gasteiger partial charge in [0.15, 0.2) is 0 Å². The van der Waals surface area contributed by atoms with E-state index < -0.39 is 11.7 Å². The van der Waals surface area contributed by atoms with Crippen LogP contribution in [0.3, 0.4) is 0 Å². The van der Waals surface area contributed by atoms with E-state index in [2.05, 4.69) is 4.90 Å². The number of rotatable bonds is 6. The molecule has 1 aliphatic heterocycles. The van der Waals surface area contributed by atoms with Gasteiger partial charge >= 0.3 is 6.18 Å². The van der Waals surface area contributed by atoms with Crippen LogP contribution in [-0.4, -0.2) is 55.0 Å². The first-order chi connectivity index (χ1) is 14.3. The molecule has 0 bridgehead atoms. The third kappa shape index (κ3) is 5.53. The lowest BCUT2D eigenvalue weighted by Crippen LogP contribution is -2.49. The van der Waals surface area contributed by atoms with Crippen molar-refractivity contribution in [3.63, 3.8) is 0 Å². The summed E-state index contributed by atoms with van der Waals surface area (Å²) in [6.45, 7) is 8.46. The molecule has 30 heavy (non-hydrogen) atoms. The van der Waals surface area contributed by atoms with Crippen molar-refractivity contribution < 1.29 is 17.9 Å². The molecule has 0 amide bonds. The summed E-state index contributed by atoms with van der Waals surface area (Å²) < 4.78 is 44.7. The van der Waals surface area contributed by atoms with E-state index in [1.807, 2.05) is 36.9 Å². The largest absolute Gasteiger partial charge is 0.493 e. The fourth-order valence-electron chi connectivity index (χ4n) is 3.71. The number of benzene rings is 2. The fourth-order valence-corrected chi connectivity index (χ4v) is 3.71. The number of piperazine rings is 1. The van der Waals surface area contributed by atoms with Gasteiger partial charge in [-0.05, 0) is 43.5 Å². The van der Waals surface area contributed by atoms with Crippen LogP contribution in [0.5, 0.6) is 5.75 Å². The predicted molar refractivity (Wildman–Crippen MR) is 112 cm³/mol. The average molecular weight is 419 g/mol. The van der Waals surface area contributed by atoms with Gasteiger partial charge in [-0.2, -0.15) is 13.2 Å². The number of nitrogens with zero attached hydrogens (tertiary/aromatic N) is 2. The normalized spacial score (nSPS) is 15.3. The first-order valence-corrected chi connectivity index (χ1v) is 10.2. The topological polar surface area (TPSA) is 39.6 Å². The van der Waals surface area contributed by atoms with E-state index >= 15 is 0 Å². The van der Waals surface area contributed by atoms with Crippen molar-refractivity contribution in [2.24, 2.45) is 0 Å². The number of ether oxygens (including phenoxy) is 1. The van der Waals surface area contributed by atoms with Crippen LogP contribution in [0.25, 0.3) is 0 Å². The Hall–Kier alpha value is -2.54. The molecule has 0 saturated carbocycles. The van der Waals surface area contributed by atoms with Gasteiger partial charge in [0, 0.05) is 38.3 Å². The molecule has 0 spiro atoms. The van der Waals surface area contributed by atoms with E-state index in [0.717, 1.165) is 55.1 Å². The Morgan fingerprint density at radius 1 is 1.00 bits per heavy atom. The molecule has 1 heterocycles. The van der Waals surface area contributed by atoms with E-state index in [-0.39, 0.29) is 5.84 Å². The quantitative estimate of drug-likeness (QED) is 0.418. The van der Waals surface area contributed by atoms with E-state index in [9.17, 15) is 13.2 Å². The molecule has 1 N–H and O–H groups in total. The number of halogens is 3. The maximum Gasteiger partial charge on any atom is 0.416 e. The molecule has 4 nitrogen and oxygen atoms in total. The zero-order chi connectivity index (χ0) is 21.7. The third-order valence-electron chi connectivity index (χ3n) is 5.43. The summed E-state index contributed by atoms with van der Waals surface area (Å²) in [4.78, 5) is 4.16. The Morgan fingerprint density at radius 2 is 1.63 bits per heavy atom. The standard InChI is InChI=1S/C23H28F3N3O/c1-17-6-3-7-18(2)21(17)30-15-5-10-28-11-13-29(14-12-28)22(27)19-8-4-9-20(16-19)23(24,25)26/h3-4,6-9,16,27H,5,10-15H2,1-2H3. The molecule has 7 heteroatoms. The minimum Gasteiger partial charge on any atom is -0.493 e. The number of nitrogens with one attached hydrogen (secondary N) is 1. The van der Waals surface area contributed by atoms with Gasteiger partial charge in [-0.1, -0.05) is 30.3 Å². The Balaban J connectivity index is 1.44. The molecule has 2 aromatic carbocycles. The van der Waals surface area contributed by atoms with E-state index in [1.54, 1.807) is 6.07 Å². The molecule has 0 unspecified atom stereocenters. The Labute approximate surface area is 175 Å². The van der Waals surface area contributed by atoms with Gasteiger partial charge in [0.05, 0.1) is 12.2 Å². The summed E-state index contributed by atoms with van der Waals surface area (Å²) >= 11 is 0. The average Bonchev–Trinajstić information content (AvgIpc) is 2.72. The van der Waals surface area contributed by atoms with Crippen molar-refractivity contribution >= 4 is 5.84 Å². The summed E-state index contributed by atoms with van der Waals surface area (Å²) in [5, 5.41) is 8.31. The molecule has 2 aromatic rings. The van der Waals surface area contributed by atoms with Gasteiger partial charge in [0.1, 0.15) is 11.6 Å². The fraction of sp³-hybridized carbons (Fsp3) is 0.435. The highest BCUT2D eigenvalue weighted by molar-refractivity contribution is 5.96. The highest BCUT2D eigenvalue weighted by Crippen LogP contribution is 2.30. The summed E-state index contributed by atoms with van der Waals surface area (Å²) in [7, 11) is 0. The highest BCUT2D eigenvalue weighted by atomic mass is 19.4. The maximum absolute atomic E-state index is 12.9. The van der Waals surface area contributed by atoms with Gasteiger partial charge in [0.2, 0.25) is 0 Å². The minimum atomic E-state index is -4.39. The summed E-state index contributed by atoms with van der Waals surface area (Å²) in [6.07, 6.45) is -3.49. The second kappa shape index (κ2) is 9.51. The van der Waals surface area contributed by atoms with Crippen molar-refractivity contribution in [1.29, 1.82) is 5.41 Å². The number of amidine groups is 1. The van der Waals surface area contributed by atoms with E-state index in [4.69, 9.17) is 10.1 Å². The lowest BCUT2D eigenvalue weighted by molar-refractivity contribution is -0.137. The van der Waals surface area contributed by atoms with Crippen LogP contribution in [0.2, 0.25) is 0 Å². The van der Waals surface area contributed by atoms with E-state index in [0.29, 0.717) is 25.3 Å². The van der Waals surface area contributed by atoms with Crippen LogP contribution in [0, 0.1) is 19.3 Å². The van der Waals surface area contributed by atoms with Crippen molar-refractivity contribution in [2.75, 3.05) is 39.3 Å². The SMILES string of the molecule is Cc1cccc(C)c1OCCCN1CCN(C(=N)c2cccc(C(F)(F)F)c2)CC1. The second-order valence-corrected chi connectivity index (χ2v) is 7.68. The van der Waals surface area contributed by atoms with Crippen molar-refractivity contribution in [3.05, 3.63) is 64.7 Å². The van der Waals surface area contributed by atoms with Gasteiger partial charge in [-0.15, -0.1) is 0 Å². The van der Waals surface area contributed by atoms with Gasteiger partial charge in [-0.25, -0.2) is 0 Å². The zero-order valence-electron chi connectivity index (χ0n) is 17.4. The molecule has 3 rings (SSSR count). The van der Waals surface area contributed by atoms with Crippen LogP contribution >= 0.6 is 0 Å². The second-order valence-electron chi connectivity index (χ2n) is 7.68. The Kier molecular flexibility index (Phi) is 7.02. The molecule has 162 valence electrons. The zero-order valence-corrected chi connectivity index (χ0v) is 17.4. The Bertz CT molecular complexity index is 854. The molecule has 1 aliphatic rings. The van der Waals surface area contributed by atoms with Crippen LogP contribution in [0.4, 0.5) is 13.2 Å². The lowest BCUT2D eigenvalue weighted by Gasteiger charge is -2.36. The molecule has 1 saturated heterocycles. The van der Waals surface area contributed by atoms with Crippen molar-refractivity contribution in [3.8, 4) is 5.75 Å².